The van der Waals surface area contributed by atoms with Crippen LogP contribution in [0.3, 0.4) is 0 Å². The van der Waals surface area contributed by atoms with Crippen molar-refractivity contribution >= 4 is 22.6 Å². The number of anilines is 1. The lowest BCUT2D eigenvalue weighted by Crippen LogP contribution is -2.56. The number of halogens is 2. The standard InChI is InChI=1S/C33H36F2N6O2/c1-4-29(42)41-15-14-40(19-24(41)17-36-2)32-28-13-12-27(26-11-7-9-21-8-5-6-10-25(21)26)30(35)31(28)37-33(38-32)43-20-23-16-22(34)18-39(23)3/h4,7,9,11-13,22-24H,1,5-6,8,10,14-20H2,3H3/t22-,23+,24+/m1/s1. The number of alkyl halides is 1. The number of piperazine rings is 1. The minimum absolute atomic E-state index is 0.0238. The summed E-state index contributed by atoms with van der Waals surface area (Å²) in [4.78, 5) is 30.9. The Morgan fingerprint density at radius 1 is 1.14 bits per heavy atom. The average Bonchev–Trinajstić information content (AvgIpc) is 3.35. The van der Waals surface area contributed by atoms with Gasteiger partial charge in [0.1, 0.15) is 30.2 Å². The maximum atomic E-state index is 16.6. The minimum atomic E-state index is -0.919. The average molecular weight is 587 g/mol. The molecule has 0 unspecified atom stereocenters. The number of likely N-dealkylation sites (N-methyl/N-ethyl adjacent to an activating group) is 1. The summed E-state index contributed by atoms with van der Waals surface area (Å²) in [5.74, 6) is -0.173. The van der Waals surface area contributed by atoms with Gasteiger partial charge in [-0.1, -0.05) is 30.8 Å². The molecule has 0 radical (unpaired) electrons. The minimum Gasteiger partial charge on any atom is -0.462 e. The number of benzene rings is 2. The zero-order chi connectivity index (χ0) is 30.1. The van der Waals surface area contributed by atoms with Gasteiger partial charge in [0, 0.05) is 43.2 Å². The van der Waals surface area contributed by atoms with E-state index in [2.05, 4.69) is 22.5 Å². The van der Waals surface area contributed by atoms with E-state index in [1.54, 1.807) is 11.0 Å². The van der Waals surface area contributed by atoms with Crippen LogP contribution in [0.25, 0.3) is 26.9 Å². The number of nitrogens with zero attached hydrogens (tertiary/aromatic N) is 6. The van der Waals surface area contributed by atoms with E-state index in [0.717, 1.165) is 31.2 Å². The number of rotatable bonds is 7. The van der Waals surface area contributed by atoms with E-state index >= 15 is 4.39 Å². The molecule has 3 aliphatic rings. The maximum Gasteiger partial charge on any atom is 0.319 e. The molecule has 2 aromatic carbocycles. The van der Waals surface area contributed by atoms with Crippen LogP contribution >= 0.6 is 0 Å². The van der Waals surface area contributed by atoms with Gasteiger partial charge < -0.3 is 19.4 Å². The van der Waals surface area contributed by atoms with Crippen LogP contribution in [-0.4, -0.2) is 90.3 Å². The smallest absolute Gasteiger partial charge is 0.319 e. The summed E-state index contributed by atoms with van der Waals surface area (Å²) in [7, 11) is 1.86. The van der Waals surface area contributed by atoms with Gasteiger partial charge in [-0.15, -0.1) is 0 Å². The molecule has 2 aliphatic heterocycles. The Bertz CT molecular complexity index is 1590. The number of ether oxygens (including phenoxy) is 1. The molecule has 224 valence electrons. The van der Waals surface area contributed by atoms with Crippen LogP contribution < -0.4 is 9.64 Å². The largest absolute Gasteiger partial charge is 0.462 e. The number of aromatic nitrogens is 2. The molecule has 3 aromatic rings. The molecule has 1 aliphatic carbocycles. The highest BCUT2D eigenvalue weighted by Gasteiger charge is 2.34. The Morgan fingerprint density at radius 2 is 1.98 bits per heavy atom. The van der Waals surface area contributed by atoms with Gasteiger partial charge >= 0.3 is 6.01 Å². The Labute approximate surface area is 250 Å². The molecule has 1 amide bonds. The molecule has 1 aromatic heterocycles. The monoisotopic (exact) mass is 586 g/mol. The van der Waals surface area contributed by atoms with Crippen molar-refractivity contribution in [2.24, 2.45) is 0 Å². The zero-order valence-electron chi connectivity index (χ0n) is 24.4. The van der Waals surface area contributed by atoms with E-state index in [-0.39, 0.29) is 42.7 Å². The van der Waals surface area contributed by atoms with Crippen LogP contribution in [0.15, 0.2) is 43.0 Å². The first-order valence-corrected chi connectivity index (χ1v) is 15.0. The predicted molar refractivity (Wildman–Crippen MR) is 162 cm³/mol. The number of likely N-dealkylation sites (tertiary alicyclic amines) is 1. The van der Waals surface area contributed by atoms with Crippen LogP contribution in [0.2, 0.25) is 0 Å². The highest BCUT2D eigenvalue weighted by Crippen LogP contribution is 2.38. The molecule has 6 rings (SSSR count). The molecule has 43 heavy (non-hydrogen) atoms. The molecule has 3 atom stereocenters. The number of carbonyl (C=O) groups is 1. The fourth-order valence-corrected chi connectivity index (χ4v) is 6.77. The molecule has 0 spiro atoms. The molecular weight excluding hydrogens is 550 g/mol. The van der Waals surface area contributed by atoms with Crippen LogP contribution in [0, 0.1) is 12.4 Å². The third-order valence-electron chi connectivity index (χ3n) is 9.04. The van der Waals surface area contributed by atoms with Gasteiger partial charge in [-0.25, -0.2) is 15.4 Å². The van der Waals surface area contributed by atoms with E-state index in [1.165, 1.54) is 17.2 Å². The molecule has 8 nitrogen and oxygen atoms in total. The third kappa shape index (κ3) is 5.66. The number of hydrogen-bond donors (Lipinski definition) is 0. The highest BCUT2D eigenvalue weighted by atomic mass is 19.1. The second-order valence-electron chi connectivity index (χ2n) is 11.7. The summed E-state index contributed by atoms with van der Waals surface area (Å²) in [5.41, 5.74) is 3.98. The lowest BCUT2D eigenvalue weighted by Gasteiger charge is -2.39. The predicted octanol–water partition coefficient (Wildman–Crippen LogP) is 4.86. The lowest BCUT2D eigenvalue weighted by molar-refractivity contribution is -0.128. The number of hydrogen-bond acceptors (Lipinski definition) is 6. The van der Waals surface area contributed by atoms with E-state index in [4.69, 9.17) is 16.3 Å². The topological polar surface area (TPSA) is 66.2 Å². The van der Waals surface area contributed by atoms with Gasteiger partial charge in [-0.05, 0) is 68.0 Å². The van der Waals surface area contributed by atoms with Gasteiger partial charge in [0.05, 0.1) is 0 Å². The van der Waals surface area contributed by atoms with Crippen molar-refractivity contribution in [3.63, 3.8) is 0 Å². The normalized spacial score (nSPS) is 22.3. The van der Waals surface area contributed by atoms with Crippen molar-refractivity contribution in [1.82, 2.24) is 19.8 Å². The van der Waals surface area contributed by atoms with E-state index in [0.29, 0.717) is 49.4 Å². The van der Waals surface area contributed by atoms with Gasteiger partial charge in [0.15, 0.2) is 5.82 Å². The number of fused-ring (bicyclic) bond motifs is 2. The van der Waals surface area contributed by atoms with Crippen LogP contribution in [0.5, 0.6) is 6.01 Å². The lowest BCUT2D eigenvalue weighted by atomic mass is 9.85. The second-order valence-corrected chi connectivity index (χ2v) is 11.7. The summed E-state index contributed by atoms with van der Waals surface area (Å²) in [5, 5.41) is 0.533. The van der Waals surface area contributed by atoms with Crippen LogP contribution in [-0.2, 0) is 17.6 Å². The summed E-state index contributed by atoms with van der Waals surface area (Å²) in [6, 6.07) is 9.26. The quantitative estimate of drug-likeness (QED) is 0.291. The fraction of sp³-hybridized carbons (Fsp3) is 0.455. The molecule has 2 saturated heterocycles. The zero-order valence-corrected chi connectivity index (χ0v) is 24.4. The fourth-order valence-electron chi connectivity index (χ4n) is 6.77. The Hall–Kier alpha value is -4.10. The molecule has 10 heteroatoms. The second kappa shape index (κ2) is 12.3. The first-order valence-electron chi connectivity index (χ1n) is 15.0. The molecular formula is C33H36F2N6O2. The summed E-state index contributed by atoms with van der Waals surface area (Å²) in [6.45, 7) is 12.8. The summed E-state index contributed by atoms with van der Waals surface area (Å²) >= 11 is 0. The van der Waals surface area contributed by atoms with E-state index < -0.39 is 12.0 Å². The Morgan fingerprint density at radius 3 is 2.74 bits per heavy atom. The van der Waals surface area contributed by atoms with Crippen LogP contribution in [0.1, 0.15) is 30.4 Å². The van der Waals surface area contributed by atoms with Crippen molar-refractivity contribution in [1.29, 1.82) is 0 Å². The van der Waals surface area contributed by atoms with Gasteiger partial charge in [-0.2, -0.15) is 9.97 Å². The van der Waals surface area contributed by atoms with Crippen molar-refractivity contribution in [3.05, 3.63) is 71.3 Å². The van der Waals surface area contributed by atoms with E-state index in [1.807, 2.05) is 35.0 Å². The first-order chi connectivity index (χ1) is 20.9. The highest BCUT2D eigenvalue weighted by molar-refractivity contribution is 5.94. The number of amides is 1. The van der Waals surface area contributed by atoms with Gasteiger partial charge in [0.2, 0.25) is 12.5 Å². The summed E-state index contributed by atoms with van der Waals surface area (Å²) in [6.07, 6.45) is 4.80. The number of carbonyl (C=O) groups excluding carboxylic acids is 1. The molecule has 0 bridgehead atoms. The molecule has 0 saturated carbocycles. The third-order valence-corrected chi connectivity index (χ3v) is 9.04. The van der Waals surface area contributed by atoms with Crippen molar-refractivity contribution in [2.75, 3.05) is 51.3 Å². The Kier molecular flexibility index (Phi) is 8.26. The van der Waals surface area contributed by atoms with Gasteiger partial charge in [-0.3, -0.25) is 9.69 Å². The van der Waals surface area contributed by atoms with Gasteiger partial charge in [0.25, 0.3) is 0 Å². The first kappa shape index (κ1) is 29.0. The van der Waals surface area contributed by atoms with Crippen LogP contribution in [0.4, 0.5) is 14.6 Å². The van der Waals surface area contributed by atoms with Crippen molar-refractivity contribution in [3.8, 4) is 17.1 Å². The van der Waals surface area contributed by atoms with Crippen molar-refractivity contribution < 1.29 is 18.3 Å². The molecule has 3 heterocycles. The maximum absolute atomic E-state index is 16.6. The summed E-state index contributed by atoms with van der Waals surface area (Å²) < 4.78 is 36.6. The Balaban J connectivity index is 1.42. The van der Waals surface area contributed by atoms with E-state index in [9.17, 15) is 9.18 Å². The SMILES string of the molecule is [C-]#[N+]C[C@H]1CN(c2nc(OC[C@@H]3C[C@@H](F)CN3C)nc3c(F)c(-c4cccc5c4CCCC5)ccc23)CCN1C(=O)C=C. The number of aryl methyl sites for hydroxylation is 1. The molecule has 2 fully saturated rings. The van der Waals surface area contributed by atoms with Crippen molar-refractivity contribution in [2.45, 2.75) is 50.4 Å². The molecule has 0 N–H and O–H groups in total.